The molecule has 0 N–H and O–H groups in total. The topological polar surface area (TPSA) is 43.4 Å². The van der Waals surface area contributed by atoms with Crippen molar-refractivity contribution < 1.29 is 10.9 Å². The van der Waals surface area contributed by atoms with Gasteiger partial charge in [0.15, 0.2) is 0 Å². The molecule has 0 aromatic carbocycles. The van der Waals surface area contributed by atoms with Gasteiger partial charge in [0, 0.05) is 0 Å². The van der Waals surface area contributed by atoms with Crippen molar-refractivity contribution in [2.45, 2.75) is 39.5 Å². The van der Waals surface area contributed by atoms with E-state index in [1.165, 1.54) is 0 Å². The summed E-state index contributed by atoms with van der Waals surface area (Å²) in [6.45, 7) is 4.04. The predicted octanol–water partition coefficient (Wildman–Crippen LogP) is 1.71. The van der Waals surface area contributed by atoms with E-state index in [9.17, 15) is 7.87 Å². The monoisotopic (exact) mass is 279 g/mol. The summed E-state index contributed by atoms with van der Waals surface area (Å²) < 4.78 is 14.7. The molecule has 0 aliphatic heterocycles. The minimum atomic E-state index is -2.05. The molecule has 1 atom stereocenters. The summed E-state index contributed by atoms with van der Waals surface area (Å²) in [5, 5.41) is 0. The summed E-state index contributed by atoms with van der Waals surface area (Å²) in [5.74, 6) is -0.285. The summed E-state index contributed by atoms with van der Waals surface area (Å²) in [6.07, 6.45) is 3.78. The molecule has 0 heterocycles. The summed E-state index contributed by atoms with van der Waals surface area (Å²) >= 11 is -2.05. The fraction of sp³-hybridized carbons (Fsp3) is 0.875. The van der Waals surface area contributed by atoms with E-state index in [1.54, 1.807) is 0 Å². The Bertz CT molecular complexity index is 147. The molecule has 0 saturated carbocycles. The molecular weight excluding hydrogens is 263 g/mol. The van der Waals surface area contributed by atoms with Gasteiger partial charge in [-0.2, -0.15) is 0 Å². The first-order valence-corrected chi connectivity index (χ1v) is 6.67. The Hall–Kier alpha value is 0.0687. The number of carbonyl (C=O) groups is 1. The second-order valence-electron chi connectivity index (χ2n) is 2.75. The first kappa shape index (κ1) is 12.1. The van der Waals surface area contributed by atoms with Crippen molar-refractivity contribution in [3.8, 4) is 0 Å². The average molecular weight is 278 g/mol. The van der Waals surface area contributed by atoms with Crippen molar-refractivity contribution in [3.05, 3.63) is 0 Å². The Morgan fingerprint density at radius 3 is 2.58 bits per heavy atom. The van der Waals surface area contributed by atoms with Gasteiger partial charge in [0.2, 0.25) is 0 Å². The molecular formula is C8H15O3Sn. The second-order valence-corrected chi connectivity index (χ2v) is 3.81. The van der Waals surface area contributed by atoms with Crippen LogP contribution in [0.5, 0.6) is 0 Å². The van der Waals surface area contributed by atoms with E-state index in [2.05, 4.69) is 10.00 Å². The van der Waals surface area contributed by atoms with Gasteiger partial charge in [-0.05, 0) is 0 Å². The van der Waals surface area contributed by atoms with Crippen LogP contribution in [0.2, 0.25) is 0 Å². The predicted molar refractivity (Wildman–Crippen MR) is 45.8 cm³/mol. The summed E-state index contributed by atoms with van der Waals surface area (Å²) in [4.78, 5) is 11.1. The van der Waals surface area contributed by atoms with Crippen molar-refractivity contribution in [1.29, 1.82) is 0 Å². The molecule has 0 rings (SSSR count). The van der Waals surface area contributed by atoms with Gasteiger partial charge in [0.25, 0.3) is 0 Å². The van der Waals surface area contributed by atoms with Gasteiger partial charge in [-0.15, -0.1) is 0 Å². The van der Waals surface area contributed by atoms with E-state index in [-0.39, 0.29) is 11.9 Å². The third-order valence-corrected chi connectivity index (χ3v) is 2.69. The minimum absolute atomic E-state index is 0.0280. The normalized spacial score (nSPS) is 12.2. The Morgan fingerprint density at radius 2 is 2.17 bits per heavy atom. The van der Waals surface area contributed by atoms with Crippen LogP contribution in [0.25, 0.3) is 0 Å². The van der Waals surface area contributed by atoms with Crippen LogP contribution in [0.4, 0.5) is 0 Å². The molecule has 3 nitrogen and oxygen atoms in total. The molecule has 1 radical (unpaired) electrons. The molecule has 0 spiro atoms. The summed E-state index contributed by atoms with van der Waals surface area (Å²) in [5.41, 5.74) is 0. The second kappa shape index (κ2) is 7.70. The van der Waals surface area contributed by atoms with E-state index < -0.39 is 21.5 Å². The standard InChI is InChI=1S/C8H16O2.O.Sn/c1-3-5-6-7(4-2)8(9)10;;/h7H,3-6H2,1-2H3,(H,9,10);;/q;;+1/p-1. The van der Waals surface area contributed by atoms with Crippen molar-refractivity contribution in [2.75, 3.05) is 0 Å². The number of hydrogen-bond acceptors (Lipinski definition) is 3. The van der Waals surface area contributed by atoms with E-state index in [0.717, 1.165) is 25.7 Å². The molecule has 69 valence electrons. The number of unbranched alkanes of at least 4 members (excludes halogenated alkanes) is 1. The summed E-state index contributed by atoms with van der Waals surface area (Å²) in [6, 6.07) is 0. The zero-order valence-corrected chi connectivity index (χ0v) is 10.5. The van der Waals surface area contributed by atoms with Crippen LogP contribution in [-0.2, 0) is 10.9 Å². The van der Waals surface area contributed by atoms with Gasteiger partial charge >= 0.3 is 83.9 Å². The fourth-order valence-corrected chi connectivity index (χ4v) is 1.77. The maximum atomic E-state index is 11.1. The van der Waals surface area contributed by atoms with Crippen LogP contribution in [0.1, 0.15) is 39.5 Å². The average Bonchev–Trinajstić information content (AvgIpc) is 2.06. The fourth-order valence-electron chi connectivity index (χ4n) is 1.06. The van der Waals surface area contributed by atoms with Crippen LogP contribution < -0.4 is 0 Å². The Labute approximate surface area is 84.0 Å². The van der Waals surface area contributed by atoms with Gasteiger partial charge in [0.05, 0.1) is 0 Å². The molecule has 0 bridgehead atoms. The summed E-state index contributed by atoms with van der Waals surface area (Å²) in [7, 11) is 0. The van der Waals surface area contributed by atoms with Crippen LogP contribution >= 0.6 is 0 Å². The molecule has 4 heteroatoms. The molecule has 0 amide bonds. The van der Waals surface area contributed by atoms with E-state index in [4.69, 9.17) is 0 Å². The van der Waals surface area contributed by atoms with E-state index >= 15 is 0 Å². The van der Waals surface area contributed by atoms with E-state index in [0.29, 0.717) is 0 Å². The quantitative estimate of drug-likeness (QED) is 0.695. The first-order chi connectivity index (χ1) is 5.76. The Morgan fingerprint density at radius 1 is 1.50 bits per heavy atom. The number of hydrogen-bond donors (Lipinski definition) is 0. The van der Waals surface area contributed by atoms with Gasteiger partial charge in [-0.3, -0.25) is 0 Å². The molecule has 1 unspecified atom stereocenters. The SMILES string of the molecule is CCCCC(CC)C(=O)[O][Sn]=[O]. The maximum absolute atomic E-state index is 11.1. The number of carbonyl (C=O) groups excluding carboxylic acids is 1. The van der Waals surface area contributed by atoms with Gasteiger partial charge in [-0.25, -0.2) is 0 Å². The van der Waals surface area contributed by atoms with Crippen molar-refractivity contribution in [1.82, 2.24) is 0 Å². The van der Waals surface area contributed by atoms with E-state index in [1.807, 2.05) is 6.92 Å². The van der Waals surface area contributed by atoms with Gasteiger partial charge in [-0.1, -0.05) is 0 Å². The van der Waals surface area contributed by atoms with Gasteiger partial charge < -0.3 is 0 Å². The van der Waals surface area contributed by atoms with Crippen molar-refractivity contribution in [3.63, 3.8) is 0 Å². The van der Waals surface area contributed by atoms with Crippen molar-refractivity contribution in [2.24, 2.45) is 5.92 Å². The third kappa shape index (κ3) is 4.85. The molecule has 12 heavy (non-hydrogen) atoms. The Kier molecular flexibility index (Phi) is 7.75. The molecule has 0 aromatic rings. The molecule has 0 fully saturated rings. The molecule has 0 saturated heterocycles. The molecule has 0 aliphatic carbocycles. The molecule has 0 aliphatic rings. The van der Waals surface area contributed by atoms with Crippen LogP contribution in [0.15, 0.2) is 0 Å². The van der Waals surface area contributed by atoms with Crippen LogP contribution in [0, 0.1) is 5.92 Å². The zero-order chi connectivity index (χ0) is 9.40. The molecule has 0 aromatic heterocycles. The van der Waals surface area contributed by atoms with Crippen LogP contribution in [-0.4, -0.2) is 27.5 Å². The van der Waals surface area contributed by atoms with Crippen molar-refractivity contribution >= 4 is 27.5 Å². The third-order valence-electron chi connectivity index (χ3n) is 1.87. The Balaban J connectivity index is 3.78. The first-order valence-electron chi connectivity index (χ1n) is 4.34. The zero-order valence-electron chi connectivity index (χ0n) is 7.63. The van der Waals surface area contributed by atoms with Gasteiger partial charge in [0.1, 0.15) is 0 Å². The van der Waals surface area contributed by atoms with Crippen LogP contribution in [0.3, 0.4) is 0 Å². The number of rotatable bonds is 6.